The molecule has 0 unspecified atom stereocenters. The van der Waals surface area contributed by atoms with Crippen molar-refractivity contribution < 1.29 is 24.3 Å². The molecule has 0 atom stereocenters. The summed E-state index contributed by atoms with van der Waals surface area (Å²) < 4.78 is 11.8. The van der Waals surface area contributed by atoms with Crippen LogP contribution in [-0.2, 0) is 4.79 Å². The van der Waals surface area contributed by atoms with Gasteiger partial charge in [0.1, 0.15) is 18.1 Å². The first-order valence-corrected chi connectivity index (χ1v) is 9.81. The summed E-state index contributed by atoms with van der Waals surface area (Å²) in [5, 5.41) is 9.20. The second-order valence-corrected chi connectivity index (χ2v) is 7.20. The summed E-state index contributed by atoms with van der Waals surface area (Å²) in [6, 6.07) is 11.5. The molecule has 2 aromatic carbocycles. The summed E-state index contributed by atoms with van der Waals surface area (Å²) in [7, 11) is 0. The number of hydrogen-bond acceptors (Lipinski definition) is 5. The maximum atomic E-state index is 13.2. The quantitative estimate of drug-likeness (QED) is 0.559. The lowest BCUT2D eigenvalue weighted by Gasteiger charge is -2.23. The van der Waals surface area contributed by atoms with Crippen molar-refractivity contribution in [3.8, 4) is 11.5 Å². The fraction of sp³-hybridized carbons (Fsp3) is 0.182. The Labute approximate surface area is 178 Å². The number of benzene rings is 2. The minimum Gasteiger partial charge on any atom is -0.492 e. The Morgan fingerprint density at radius 3 is 2.80 bits per heavy atom. The van der Waals surface area contributed by atoms with Gasteiger partial charge in [0.15, 0.2) is 5.75 Å². The zero-order valence-electron chi connectivity index (χ0n) is 15.9. The number of rotatable bonds is 5. The van der Waals surface area contributed by atoms with E-state index in [0.717, 1.165) is 6.42 Å². The molecule has 0 radical (unpaired) electrons. The molecular weight excluding hydrogens is 408 g/mol. The maximum absolute atomic E-state index is 13.2. The molecule has 8 heteroatoms. The van der Waals surface area contributed by atoms with Gasteiger partial charge in [0, 0.05) is 16.7 Å². The molecule has 0 spiro atoms. The van der Waals surface area contributed by atoms with E-state index in [9.17, 15) is 9.59 Å². The Hall–Kier alpha value is -3.29. The van der Waals surface area contributed by atoms with Gasteiger partial charge in [0.2, 0.25) is 0 Å². The Kier molecular flexibility index (Phi) is 5.74. The maximum Gasteiger partial charge on any atom is 0.274 e. The minimum atomic E-state index is -0.599. The Bertz CT molecular complexity index is 1050. The van der Waals surface area contributed by atoms with Crippen LogP contribution in [0.2, 0.25) is 5.02 Å². The highest BCUT2D eigenvalue weighted by atomic mass is 35.5. The number of halogens is 1. The zero-order chi connectivity index (χ0) is 21.1. The van der Waals surface area contributed by atoms with E-state index in [0.29, 0.717) is 52.1 Å². The Morgan fingerprint density at radius 2 is 2.03 bits per heavy atom. The number of amides is 2. The van der Waals surface area contributed by atoms with Gasteiger partial charge in [-0.15, -0.1) is 0 Å². The molecule has 30 heavy (non-hydrogen) atoms. The van der Waals surface area contributed by atoms with E-state index in [1.807, 2.05) is 12.2 Å². The van der Waals surface area contributed by atoms with Gasteiger partial charge < -0.3 is 14.4 Å². The van der Waals surface area contributed by atoms with Crippen molar-refractivity contribution >= 4 is 29.1 Å². The number of fused-ring (bicyclic) bond motifs is 1. The van der Waals surface area contributed by atoms with Gasteiger partial charge >= 0.3 is 0 Å². The van der Waals surface area contributed by atoms with Gasteiger partial charge in [-0.25, -0.2) is 5.48 Å². The van der Waals surface area contributed by atoms with Gasteiger partial charge in [-0.05, 0) is 55.3 Å². The van der Waals surface area contributed by atoms with E-state index in [2.05, 4.69) is 0 Å². The molecule has 0 saturated carbocycles. The lowest BCUT2D eigenvalue weighted by Crippen LogP contribution is -2.35. The van der Waals surface area contributed by atoms with Crippen molar-refractivity contribution in [1.29, 1.82) is 0 Å². The first-order chi connectivity index (χ1) is 14.6. The van der Waals surface area contributed by atoms with E-state index >= 15 is 0 Å². The Balaban J connectivity index is 1.52. The van der Waals surface area contributed by atoms with Crippen LogP contribution in [0.4, 0.5) is 5.69 Å². The molecular formula is C22H19ClN2O5. The van der Waals surface area contributed by atoms with Crippen molar-refractivity contribution in [2.75, 3.05) is 18.1 Å². The first-order valence-electron chi connectivity index (χ1n) is 9.43. The molecule has 1 aliphatic carbocycles. The fourth-order valence-corrected chi connectivity index (χ4v) is 3.54. The van der Waals surface area contributed by atoms with Crippen molar-refractivity contribution in [2.24, 2.45) is 0 Å². The second kappa shape index (κ2) is 8.61. The van der Waals surface area contributed by atoms with Gasteiger partial charge in [-0.2, -0.15) is 0 Å². The lowest BCUT2D eigenvalue weighted by atomic mass is 10.0. The summed E-state index contributed by atoms with van der Waals surface area (Å²) in [5.41, 5.74) is 3.14. The third kappa shape index (κ3) is 4.03. The normalized spacial score (nSPS) is 15.1. The average molecular weight is 427 g/mol. The van der Waals surface area contributed by atoms with Crippen LogP contribution in [0.5, 0.6) is 11.5 Å². The number of allylic oxidation sites excluding steroid dienone is 2. The van der Waals surface area contributed by atoms with Crippen LogP contribution in [0.25, 0.3) is 0 Å². The van der Waals surface area contributed by atoms with Crippen LogP contribution < -0.4 is 19.9 Å². The van der Waals surface area contributed by atoms with E-state index in [-0.39, 0.29) is 12.5 Å². The van der Waals surface area contributed by atoms with Gasteiger partial charge in [-0.3, -0.25) is 14.8 Å². The number of nitrogens with one attached hydrogen (secondary N) is 1. The van der Waals surface area contributed by atoms with Crippen LogP contribution in [0.1, 0.15) is 23.2 Å². The monoisotopic (exact) mass is 426 g/mol. The number of nitrogens with zero attached hydrogens (tertiary/aromatic N) is 1. The SMILES string of the molecule is O=C(NO)c1ccc(OCCN2C(=O)C3=C(C=CCC3)Oc3cc(Cl)ccc32)cc1. The van der Waals surface area contributed by atoms with Crippen LogP contribution in [0.3, 0.4) is 0 Å². The van der Waals surface area contributed by atoms with Crippen LogP contribution in [-0.4, -0.2) is 30.2 Å². The lowest BCUT2D eigenvalue weighted by molar-refractivity contribution is -0.115. The van der Waals surface area contributed by atoms with E-state index in [4.69, 9.17) is 26.3 Å². The standard InChI is InChI=1S/C22H19ClN2O5/c23-15-7-10-18-20(13-15)30-19-4-2-1-3-17(19)22(27)25(18)11-12-29-16-8-5-14(6-9-16)21(26)24-28/h2,4-10,13,28H,1,3,11-12H2,(H,24,26). The molecule has 4 rings (SSSR count). The summed E-state index contributed by atoms with van der Waals surface area (Å²) in [5.74, 6) is 0.897. The molecule has 7 nitrogen and oxygen atoms in total. The van der Waals surface area contributed by atoms with Crippen LogP contribution in [0, 0.1) is 0 Å². The third-order valence-corrected chi connectivity index (χ3v) is 5.10. The van der Waals surface area contributed by atoms with Crippen LogP contribution in [0.15, 0.2) is 65.9 Å². The molecule has 0 bridgehead atoms. The fourth-order valence-electron chi connectivity index (χ4n) is 3.38. The molecule has 1 heterocycles. The highest BCUT2D eigenvalue weighted by molar-refractivity contribution is 6.31. The third-order valence-electron chi connectivity index (χ3n) is 4.87. The summed E-state index contributed by atoms with van der Waals surface area (Å²) in [6.45, 7) is 0.536. The molecule has 0 saturated heterocycles. The molecule has 2 aromatic rings. The highest BCUT2D eigenvalue weighted by Crippen LogP contribution is 2.38. The predicted octanol–water partition coefficient (Wildman–Crippen LogP) is 3.87. The molecule has 2 N–H and O–H groups in total. The molecule has 2 amide bonds. The van der Waals surface area contributed by atoms with Crippen molar-refractivity contribution in [3.05, 3.63) is 76.5 Å². The zero-order valence-corrected chi connectivity index (χ0v) is 16.7. The molecule has 0 aromatic heterocycles. The van der Waals surface area contributed by atoms with Crippen molar-refractivity contribution in [3.63, 3.8) is 0 Å². The molecule has 0 fully saturated rings. The Morgan fingerprint density at radius 1 is 1.23 bits per heavy atom. The summed E-state index contributed by atoms with van der Waals surface area (Å²) in [4.78, 5) is 26.3. The number of carbonyl (C=O) groups is 2. The van der Waals surface area contributed by atoms with Crippen molar-refractivity contribution in [2.45, 2.75) is 12.8 Å². The summed E-state index contributed by atoms with van der Waals surface area (Å²) in [6.07, 6.45) is 5.20. The van der Waals surface area contributed by atoms with Gasteiger partial charge in [-0.1, -0.05) is 17.7 Å². The highest BCUT2D eigenvalue weighted by Gasteiger charge is 2.30. The molecule has 154 valence electrons. The number of hydroxylamine groups is 1. The minimum absolute atomic E-state index is 0.117. The second-order valence-electron chi connectivity index (χ2n) is 6.77. The topological polar surface area (TPSA) is 88.1 Å². The number of ether oxygens (including phenoxy) is 2. The van der Waals surface area contributed by atoms with E-state index < -0.39 is 5.91 Å². The van der Waals surface area contributed by atoms with Crippen molar-refractivity contribution in [1.82, 2.24) is 5.48 Å². The van der Waals surface area contributed by atoms with Gasteiger partial charge in [0.05, 0.1) is 17.8 Å². The number of carbonyl (C=O) groups excluding carboxylic acids is 2. The number of hydrogen-bond donors (Lipinski definition) is 2. The average Bonchev–Trinajstić information content (AvgIpc) is 2.88. The van der Waals surface area contributed by atoms with E-state index in [1.54, 1.807) is 40.7 Å². The largest absolute Gasteiger partial charge is 0.492 e. The summed E-state index contributed by atoms with van der Waals surface area (Å²) >= 11 is 6.13. The van der Waals surface area contributed by atoms with E-state index in [1.165, 1.54) is 12.1 Å². The first kappa shape index (κ1) is 20.0. The predicted molar refractivity (Wildman–Crippen MR) is 111 cm³/mol. The van der Waals surface area contributed by atoms with Gasteiger partial charge in [0.25, 0.3) is 11.8 Å². The molecule has 1 aliphatic heterocycles. The number of anilines is 1. The van der Waals surface area contributed by atoms with Crippen LogP contribution >= 0.6 is 11.6 Å². The molecule has 2 aliphatic rings. The smallest absolute Gasteiger partial charge is 0.274 e.